The Balaban J connectivity index is 1.34. The van der Waals surface area contributed by atoms with Gasteiger partial charge in [0.1, 0.15) is 5.52 Å². The van der Waals surface area contributed by atoms with Crippen molar-refractivity contribution in [1.82, 2.24) is 19.9 Å². The van der Waals surface area contributed by atoms with Gasteiger partial charge in [-0.15, -0.1) is 0 Å². The molecule has 0 N–H and O–H groups in total. The highest BCUT2D eigenvalue weighted by molar-refractivity contribution is 7.99. The number of nitrogens with zero attached hydrogens (tertiary/aromatic N) is 5. The molecule has 25 heavy (non-hydrogen) atoms. The summed E-state index contributed by atoms with van der Waals surface area (Å²) in [6.07, 6.45) is 3.89. The molecule has 0 bridgehead atoms. The van der Waals surface area contributed by atoms with E-state index < -0.39 is 0 Å². The Bertz CT molecular complexity index is 794. The Kier molecular flexibility index (Phi) is 4.85. The third-order valence-corrected chi connectivity index (χ3v) is 5.04. The standard InChI is InChI=1S/C18H21N5OS/c1-2-25-17-19-11-14(12-20-17)13-22-7-9-23(10-8-22)18-21-15-5-3-4-6-16(15)24-18/h3-6,11-12H,2,7-10,13H2,1H3. The van der Waals surface area contributed by atoms with Crippen LogP contribution in [-0.4, -0.2) is 51.8 Å². The molecule has 3 aromatic rings. The summed E-state index contributed by atoms with van der Waals surface area (Å²) in [5.41, 5.74) is 2.93. The first kappa shape index (κ1) is 16.4. The molecule has 0 unspecified atom stereocenters. The van der Waals surface area contributed by atoms with Gasteiger partial charge in [-0.3, -0.25) is 4.90 Å². The highest BCUT2D eigenvalue weighted by Crippen LogP contribution is 2.22. The Morgan fingerprint density at radius 3 is 2.56 bits per heavy atom. The molecule has 0 saturated carbocycles. The lowest BCUT2D eigenvalue weighted by Gasteiger charge is -2.33. The Labute approximate surface area is 151 Å². The highest BCUT2D eigenvalue weighted by atomic mass is 32.2. The molecule has 0 radical (unpaired) electrons. The Hall–Kier alpha value is -2.12. The number of para-hydroxylation sites is 2. The molecule has 0 spiro atoms. The summed E-state index contributed by atoms with van der Waals surface area (Å²) in [7, 11) is 0. The van der Waals surface area contributed by atoms with Crippen molar-refractivity contribution < 1.29 is 4.42 Å². The van der Waals surface area contributed by atoms with E-state index in [0.29, 0.717) is 0 Å². The zero-order valence-corrected chi connectivity index (χ0v) is 15.1. The summed E-state index contributed by atoms with van der Waals surface area (Å²) < 4.78 is 5.87. The average molecular weight is 355 g/mol. The summed E-state index contributed by atoms with van der Waals surface area (Å²) >= 11 is 1.67. The fourth-order valence-electron chi connectivity index (χ4n) is 2.98. The fraction of sp³-hybridized carbons (Fsp3) is 0.389. The van der Waals surface area contributed by atoms with Gasteiger partial charge in [-0.2, -0.15) is 4.98 Å². The second-order valence-electron chi connectivity index (χ2n) is 6.03. The number of oxazole rings is 1. The van der Waals surface area contributed by atoms with Crippen molar-refractivity contribution in [3.8, 4) is 0 Å². The van der Waals surface area contributed by atoms with E-state index in [9.17, 15) is 0 Å². The number of rotatable bonds is 5. The van der Waals surface area contributed by atoms with E-state index in [0.717, 1.165) is 66.3 Å². The lowest BCUT2D eigenvalue weighted by Crippen LogP contribution is -2.46. The normalized spacial score (nSPS) is 15.8. The first-order valence-corrected chi connectivity index (χ1v) is 9.57. The Morgan fingerprint density at radius 2 is 1.84 bits per heavy atom. The topological polar surface area (TPSA) is 58.3 Å². The van der Waals surface area contributed by atoms with E-state index in [2.05, 4.69) is 31.7 Å². The van der Waals surface area contributed by atoms with Crippen molar-refractivity contribution in [2.24, 2.45) is 0 Å². The van der Waals surface area contributed by atoms with Crippen molar-refractivity contribution in [1.29, 1.82) is 0 Å². The monoisotopic (exact) mass is 355 g/mol. The van der Waals surface area contributed by atoms with Crippen LogP contribution >= 0.6 is 11.8 Å². The number of benzene rings is 1. The summed E-state index contributed by atoms with van der Waals surface area (Å²) in [5, 5.41) is 0.854. The molecule has 0 aliphatic carbocycles. The number of fused-ring (bicyclic) bond motifs is 1. The van der Waals surface area contributed by atoms with Gasteiger partial charge in [0, 0.05) is 50.7 Å². The predicted octanol–water partition coefficient (Wildman–Crippen LogP) is 3.05. The lowest BCUT2D eigenvalue weighted by molar-refractivity contribution is 0.245. The predicted molar refractivity (Wildman–Crippen MR) is 99.9 cm³/mol. The van der Waals surface area contributed by atoms with Crippen molar-refractivity contribution in [2.45, 2.75) is 18.6 Å². The fourth-order valence-corrected chi connectivity index (χ4v) is 3.49. The van der Waals surface area contributed by atoms with Crippen LogP contribution in [-0.2, 0) is 6.54 Å². The largest absolute Gasteiger partial charge is 0.423 e. The van der Waals surface area contributed by atoms with Gasteiger partial charge in [0.25, 0.3) is 6.01 Å². The van der Waals surface area contributed by atoms with E-state index in [1.165, 1.54) is 0 Å². The minimum atomic E-state index is 0.727. The van der Waals surface area contributed by atoms with Gasteiger partial charge in [0.05, 0.1) is 0 Å². The van der Waals surface area contributed by atoms with Crippen molar-refractivity contribution >= 4 is 28.9 Å². The lowest BCUT2D eigenvalue weighted by atomic mass is 10.2. The van der Waals surface area contributed by atoms with Crippen LogP contribution in [0.4, 0.5) is 6.01 Å². The molecule has 2 aromatic heterocycles. The quantitative estimate of drug-likeness (QED) is 0.515. The van der Waals surface area contributed by atoms with Crippen LogP contribution in [0.1, 0.15) is 12.5 Å². The molecule has 1 aromatic carbocycles. The minimum absolute atomic E-state index is 0.727. The van der Waals surface area contributed by atoms with Crippen LogP contribution < -0.4 is 4.90 Å². The highest BCUT2D eigenvalue weighted by Gasteiger charge is 2.21. The van der Waals surface area contributed by atoms with Gasteiger partial charge in [-0.1, -0.05) is 30.8 Å². The first-order chi connectivity index (χ1) is 12.3. The van der Waals surface area contributed by atoms with Crippen molar-refractivity contribution in [2.75, 3.05) is 36.8 Å². The van der Waals surface area contributed by atoms with Crippen LogP contribution in [0.25, 0.3) is 11.1 Å². The number of anilines is 1. The molecule has 130 valence electrons. The van der Waals surface area contributed by atoms with E-state index >= 15 is 0 Å². The van der Waals surface area contributed by atoms with Gasteiger partial charge >= 0.3 is 0 Å². The smallest absolute Gasteiger partial charge is 0.298 e. The molecular formula is C18H21N5OS. The van der Waals surface area contributed by atoms with Crippen LogP contribution in [0.3, 0.4) is 0 Å². The van der Waals surface area contributed by atoms with Crippen molar-refractivity contribution in [3.05, 3.63) is 42.2 Å². The first-order valence-electron chi connectivity index (χ1n) is 8.58. The minimum Gasteiger partial charge on any atom is -0.423 e. The summed E-state index contributed by atoms with van der Waals surface area (Å²) in [4.78, 5) is 18.0. The molecule has 4 rings (SSSR count). The van der Waals surface area contributed by atoms with E-state index in [1.807, 2.05) is 36.7 Å². The summed E-state index contributed by atoms with van der Waals surface area (Å²) in [6.45, 7) is 6.78. The molecule has 3 heterocycles. The van der Waals surface area contributed by atoms with E-state index in [4.69, 9.17) is 4.42 Å². The molecule has 1 aliphatic rings. The molecule has 0 amide bonds. The molecule has 0 atom stereocenters. The van der Waals surface area contributed by atoms with Gasteiger partial charge in [-0.25, -0.2) is 9.97 Å². The zero-order chi connectivity index (χ0) is 17.1. The second-order valence-corrected chi connectivity index (χ2v) is 7.27. The number of hydrogen-bond acceptors (Lipinski definition) is 7. The molecular weight excluding hydrogens is 334 g/mol. The summed E-state index contributed by atoms with van der Waals surface area (Å²) in [5.74, 6) is 0.997. The zero-order valence-electron chi connectivity index (χ0n) is 14.3. The van der Waals surface area contributed by atoms with Gasteiger partial charge in [0.2, 0.25) is 0 Å². The van der Waals surface area contributed by atoms with E-state index in [1.54, 1.807) is 11.8 Å². The van der Waals surface area contributed by atoms with E-state index in [-0.39, 0.29) is 0 Å². The third-order valence-electron chi connectivity index (χ3n) is 4.29. The van der Waals surface area contributed by atoms with Crippen LogP contribution in [0.2, 0.25) is 0 Å². The Morgan fingerprint density at radius 1 is 1.08 bits per heavy atom. The molecule has 1 saturated heterocycles. The SMILES string of the molecule is CCSc1ncc(CN2CCN(c3nc4ccccc4o3)CC2)cn1. The number of hydrogen-bond donors (Lipinski definition) is 0. The van der Waals surface area contributed by atoms with Gasteiger partial charge in [-0.05, 0) is 17.9 Å². The maximum absolute atomic E-state index is 5.87. The third kappa shape index (κ3) is 3.77. The molecule has 1 aliphatic heterocycles. The van der Waals surface area contributed by atoms with Crippen LogP contribution in [0.5, 0.6) is 0 Å². The molecule has 6 nitrogen and oxygen atoms in total. The van der Waals surface area contributed by atoms with Crippen LogP contribution in [0.15, 0.2) is 46.2 Å². The average Bonchev–Trinajstić information content (AvgIpc) is 3.08. The van der Waals surface area contributed by atoms with Gasteiger partial charge < -0.3 is 9.32 Å². The second kappa shape index (κ2) is 7.41. The number of thioether (sulfide) groups is 1. The maximum Gasteiger partial charge on any atom is 0.298 e. The van der Waals surface area contributed by atoms with Gasteiger partial charge in [0.15, 0.2) is 10.7 Å². The molecule has 1 fully saturated rings. The maximum atomic E-state index is 5.87. The number of piperazine rings is 1. The number of aromatic nitrogens is 3. The van der Waals surface area contributed by atoms with Crippen LogP contribution in [0, 0.1) is 0 Å². The van der Waals surface area contributed by atoms with Crippen molar-refractivity contribution in [3.63, 3.8) is 0 Å². The molecule has 7 heteroatoms. The summed E-state index contributed by atoms with van der Waals surface area (Å²) in [6, 6.07) is 8.63.